The second-order valence-electron chi connectivity index (χ2n) is 6.98. The molecule has 0 aliphatic heterocycles. The van der Waals surface area contributed by atoms with E-state index in [0.29, 0.717) is 17.9 Å². The molecule has 0 amide bonds. The molecule has 0 unspecified atom stereocenters. The number of aryl methyl sites for hydroxylation is 1. The van der Waals surface area contributed by atoms with Crippen LogP contribution in [0.1, 0.15) is 16.8 Å². The highest BCUT2D eigenvalue weighted by molar-refractivity contribution is 5.79. The van der Waals surface area contributed by atoms with Crippen molar-refractivity contribution < 1.29 is 14.3 Å². The van der Waals surface area contributed by atoms with Crippen LogP contribution in [0.5, 0.6) is 17.2 Å². The zero-order valence-corrected chi connectivity index (χ0v) is 17.1. The fourth-order valence-electron chi connectivity index (χ4n) is 3.26. The molecule has 156 valence electrons. The smallest absolute Gasteiger partial charge is 0.339 e. The number of imidazole rings is 1. The number of benzene rings is 3. The van der Waals surface area contributed by atoms with Crippen molar-refractivity contribution in [2.45, 2.75) is 12.8 Å². The van der Waals surface area contributed by atoms with Gasteiger partial charge in [-0.15, -0.1) is 0 Å². The predicted molar refractivity (Wildman–Crippen MR) is 118 cm³/mol. The lowest BCUT2D eigenvalue weighted by atomic mass is 10.1. The van der Waals surface area contributed by atoms with Gasteiger partial charge in [-0.1, -0.05) is 30.3 Å². The number of nitrogens with zero attached hydrogens (tertiary/aromatic N) is 2. The highest BCUT2D eigenvalue weighted by Crippen LogP contribution is 2.22. The lowest BCUT2D eigenvalue weighted by Crippen LogP contribution is -2.28. The summed E-state index contributed by atoms with van der Waals surface area (Å²) in [6.45, 7) is 0. The summed E-state index contributed by atoms with van der Waals surface area (Å²) in [6.07, 6.45) is 3.85. The van der Waals surface area contributed by atoms with Crippen LogP contribution in [0.2, 0.25) is 0 Å². The molecule has 0 fully saturated rings. The van der Waals surface area contributed by atoms with Crippen molar-refractivity contribution >= 4 is 5.91 Å². The molecule has 31 heavy (non-hydrogen) atoms. The number of carbonyl (C=O) groups is 1. The largest absolute Gasteiger partial charge is 0.497 e. The van der Waals surface area contributed by atoms with E-state index in [9.17, 15) is 9.59 Å². The summed E-state index contributed by atoms with van der Waals surface area (Å²) >= 11 is 0. The maximum Gasteiger partial charge on any atom is 0.339 e. The van der Waals surface area contributed by atoms with Crippen molar-refractivity contribution in [3.63, 3.8) is 0 Å². The number of rotatable bonds is 7. The number of ether oxygens (including phenoxy) is 2. The van der Waals surface area contributed by atoms with Crippen molar-refractivity contribution in [2.75, 3.05) is 7.11 Å². The predicted octanol–water partition coefficient (Wildman–Crippen LogP) is 4.71. The van der Waals surface area contributed by atoms with Gasteiger partial charge in [0.05, 0.1) is 12.8 Å². The fourth-order valence-corrected chi connectivity index (χ4v) is 3.26. The van der Waals surface area contributed by atoms with Gasteiger partial charge in [0.15, 0.2) is 0 Å². The minimum absolute atomic E-state index is 0.223. The minimum Gasteiger partial charge on any atom is -0.497 e. The molecule has 3 aromatic carbocycles. The van der Waals surface area contributed by atoms with Crippen molar-refractivity contribution in [3.05, 3.63) is 107 Å². The van der Waals surface area contributed by atoms with E-state index in [4.69, 9.17) is 9.47 Å². The van der Waals surface area contributed by atoms with E-state index in [1.54, 1.807) is 37.6 Å². The highest BCUT2D eigenvalue weighted by atomic mass is 16.5. The van der Waals surface area contributed by atoms with Crippen molar-refractivity contribution in [1.29, 1.82) is 0 Å². The van der Waals surface area contributed by atoms with E-state index >= 15 is 0 Å². The molecule has 0 aliphatic carbocycles. The van der Waals surface area contributed by atoms with E-state index in [1.165, 1.54) is 10.8 Å². The fraction of sp³-hybridized carbons (Fsp3) is 0.120. The summed E-state index contributed by atoms with van der Waals surface area (Å²) in [5.41, 5.74) is 1.24. The molecule has 0 spiro atoms. The normalized spacial score (nSPS) is 10.6. The van der Waals surface area contributed by atoms with Crippen molar-refractivity contribution in [3.8, 4) is 22.9 Å². The Morgan fingerprint density at radius 2 is 1.55 bits per heavy atom. The number of methoxy groups -OCH3 is 1. The summed E-state index contributed by atoms with van der Waals surface area (Å²) < 4.78 is 13.6. The lowest BCUT2D eigenvalue weighted by Gasteiger charge is -2.07. The third-order valence-corrected chi connectivity index (χ3v) is 4.90. The third-order valence-electron chi connectivity index (χ3n) is 4.90. The Morgan fingerprint density at radius 3 is 2.29 bits per heavy atom. The van der Waals surface area contributed by atoms with E-state index in [2.05, 4.69) is 0 Å². The molecular weight excluding hydrogens is 392 g/mol. The number of para-hydroxylation sites is 1. The molecule has 1 heterocycles. The summed E-state index contributed by atoms with van der Waals surface area (Å²) in [6, 6.07) is 24.2. The van der Waals surface area contributed by atoms with Gasteiger partial charge in [-0.2, -0.15) is 0 Å². The maximum atomic E-state index is 12.8. The molecule has 0 aliphatic rings. The molecule has 0 saturated carbocycles. The Bertz CT molecular complexity index is 1220. The van der Waals surface area contributed by atoms with Crippen molar-refractivity contribution in [1.82, 2.24) is 9.13 Å². The van der Waals surface area contributed by atoms with Crippen LogP contribution in [-0.2, 0) is 6.42 Å². The molecule has 4 rings (SSSR count). The number of hydrogen-bond donors (Lipinski definition) is 0. The standard InChI is InChI=1S/C25H22N2O4/c1-30-23-9-5-6-19(18-23)10-15-24(28)27-17-16-26(25(27)29)20-11-13-22(14-12-20)31-21-7-3-2-4-8-21/h2-9,11-14,16-18H,10,15H2,1H3. The van der Waals surface area contributed by atoms with E-state index < -0.39 is 5.69 Å². The Hall–Kier alpha value is -4.06. The monoisotopic (exact) mass is 414 g/mol. The zero-order valence-electron chi connectivity index (χ0n) is 17.1. The van der Waals surface area contributed by atoms with Gasteiger partial charge in [-0.05, 0) is 60.5 Å². The SMILES string of the molecule is COc1cccc(CCC(=O)n2ccn(-c3ccc(Oc4ccccc4)cc3)c2=O)c1. The first-order chi connectivity index (χ1) is 15.1. The molecule has 6 heteroatoms. The zero-order chi connectivity index (χ0) is 21.6. The van der Waals surface area contributed by atoms with Crippen LogP contribution >= 0.6 is 0 Å². The molecule has 6 nitrogen and oxygen atoms in total. The number of aromatic nitrogens is 2. The number of carbonyl (C=O) groups excluding carboxylic acids is 1. The van der Waals surface area contributed by atoms with Gasteiger partial charge in [0.2, 0.25) is 5.91 Å². The average Bonchev–Trinajstić information content (AvgIpc) is 3.20. The first-order valence-electron chi connectivity index (χ1n) is 9.93. The van der Waals surface area contributed by atoms with Crippen molar-refractivity contribution in [2.24, 2.45) is 0 Å². The molecule has 0 atom stereocenters. The highest BCUT2D eigenvalue weighted by Gasteiger charge is 2.12. The first-order valence-corrected chi connectivity index (χ1v) is 9.93. The van der Waals surface area contributed by atoms with Gasteiger partial charge >= 0.3 is 5.69 Å². The van der Waals surface area contributed by atoms with Crippen LogP contribution in [0.25, 0.3) is 5.69 Å². The van der Waals surface area contributed by atoms with Crippen LogP contribution in [0.15, 0.2) is 96.1 Å². The Balaban J connectivity index is 1.44. The van der Waals surface area contributed by atoms with E-state index in [0.717, 1.165) is 21.6 Å². The third kappa shape index (κ3) is 4.75. The molecule has 0 radical (unpaired) electrons. The summed E-state index contributed by atoms with van der Waals surface area (Å²) in [5, 5.41) is 0. The quantitative estimate of drug-likeness (QED) is 0.439. The lowest BCUT2D eigenvalue weighted by molar-refractivity contribution is 0.0898. The van der Waals surface area contributed by atoms with E-state index in [1.807, 2.05) is 54.6 Å². The van der Waals surface area contributed by atoms with Gasteiger partial charge in [-0.25, -0.2) is 9.36 Å². The van der Waals surface area contributed by atoms with E-state index in [-0.39, 0.29) is 12.3 Å². The maximum absolute atomic E-state index is 12.8. The van der Waals surface area contributed by atoms with Gasteiger partial charge in [-0.3, -0.25) is 9.36 Å². The average molecular weight is 414 g/mol. The topological polar surface area (TPSA) is 62.5 Å². The number of hydrogen-bond acceptors (Lipinski definition) is 4. The molecule has 4 aromatic rings. The Morgan fingerprint density at radius 1 is 0.839 bits per heavy atom. The van der Waals surface area contributed by atoms with Crippen LogP contribution in [0.3, 0.4) is 0 Å². The van der Waals surface area contributed by atoms with Gasteiger partial charge in [0.25, 0.3) is 0 Å². The van der Waals surface area contributed by atoms with Gasteiger partial charge in [0, 0.05) is 18.8 Å². The second-order valence-corrected chi connectivity index (χ2v) is 6.98. The van der Waals surface area contributed by atoms with Crippen LogP contribution in [0, 0.1) is 0 Å². The molecule has 0 N–H and O–H groups in total. The molecule has 0 bridgehead atoms. The summed E-state index contributed by atoms with van der Waals surface area (Å²) in [7, 11) is 1.60. The van der Waals surface area contributed by atoms with Crippen LogP contribution in [-0.4, -0.2) is 22.2 Å². The Kier molecular flexibility index (Phi) is 5.98. The van der Waals surface area contributed by atoms with Gasteiger partial charge < -0.3 is 9.47 Å². The molecule has 1 aromatic heterocycles. The first kappa shape index (κ1) is 20.2. The van der Waals surface area contributed by atoms with Crippen LogP contribution < -0.4 is 15.2 Å². The van der Waals surface area contributed by atoms with Crippen LogP contribution in [0.4, 0.5) is 0 Å². The summed E-state index contributed by atoms with van der Waals surface area (Å²) in [5.74, 6) is 1.89. The second kappa shape index (κ2) is 9.17. The Labute approximate surface area is 179 Å². The molecular formula is C25H22N2O4. The summed E-state index contributed by atoms with van der Waals surface area (Å²) in [4.78, 5) is 25.3. The van der Waals surface area contributed by atoms with Gasteiger partial charge in [0.1, 0.15) is 17.2 Å². The minimum atomic E-state index is -0.396. The molecule has 0 saturated heterocycles.